The molecule has 0 radical (unpaired) electrons. The Balaban J connectivity index is 1.47. The SMILES string of the molecule is O=C(NC1CCN(C(=O)c2ccco2)CC1)C1CCC1. The molecule has 2 aliphatic rings. The molecule has 0 spiro atoms. The van der Waals surface area contributed by atoms with E-state index in [0.29, 0.717) is 18.8 Å². The van der Waals surface area contributed by atoms with Crippen LogP contribution in [0.3, 0.4) is 0 Å². The number of hydrogen-bond donors (Lipinski definition) is 1. The molecular formula is C15H20N2O3. The minimum atomic E-state index is -0.0567. The third-order valence-electron chi connectivity index (χ3n) is 4.34. The molecule has 1 aliphatic heterocycles. The Kier molecular flexibility index (Phi) is 3.76. The number of nitrogens with zero attached hydrogens (tertiary/aromatic N) is 1. The molecule has 2 amide bonds. The van der Waals surface area contributed by atoms with Gasteiger partial charge in [-0.2, -0.15) is 0 Å². The predicted octanol–water partition coefficient (Wildman–Crippen LogP) is 1.80. The van der Waals surface area contributed by atoms with E-state index in [0.717, 1.165) is 25.7 Å². The highest BCUT2D eigenvalue weighted by Crippen LogP contribution is 2.26. The Morgan fingerprint density at radius 3 is 2.50 bits per heavy atom. The van der Waals surface area contributed by atoms with Crippen molar-refractivity contribution in [3.05, 3.63) is 24.2 Å². The van der Waals surface area contributed by atoms with E-state index in [4.69, 9.17) is 4.42 Å². The quantitative estimate of drug-likeness (QED) is 0.915. The van der Waals surface area contributed by atoms with Gasteiger partial charge in [-0.3, -0.25) is 9.59 Å². The third-order valence-corrected chi connectivity index (χ3v) is 4.34. The highest BCUT2D eigenvalue weighted by Gasteiger charge is 2.29. The van der Waals surface area contributed by atoms with Crippen LogP contribution < -0.4 is 5.32 Å². The zero-order chi connectivity index (χ0) is 13.9. The van der Waals surface area contributed by atoms with E-state index in [-0.39, 0.29) is 23.8 Å². The first kappa shape index (κ1) is 13.2. The van der Waals surface area contributed by atoms with Crippen molar-refractivity contribution >= 4 is 11.8 Å². The summed E-state index contributed by atoms with van der Waals surface area (Å²) in [6.45, 7) is 1.35. The fourth-order valence-electron chi connectivity index (χ4n) is 2.77. The van der Waals surface area contributed by atoms with Crippen LogP contribution in [-0.4, -0.2) is 35.8 Å². The Bertz CT molecular complexity index is 471. The van der Waals surface area contributed by atoms with Gasteiger partial charge in [0.05, 0.1) is 6.26 Å². The van der Waals surface area contributed by atoms with E-state index in [1.165, 1.54) is 12.7 Å². The summed E-state index contributed by atoms with van der Waals surface area (Å²) >= 11 is 0. The van der Waals surface area contributed by atoms with Gasteiger partial charge in [0, 0.05) is 25.0 Å². The molecule has 1 saturated carbocycles. The highest BCUT2D eigenvalue weighted by molar-refractivity contribution is 5.91. The maximum absolute atomic E-state index is 12.1. The summed E-state index contributed by atoms with van der Waals surface area (Å²) in [6, 6.07) is 3.62. The average molecular weight is 276 g/mol. The molecule has 20 heavy (non-hydrogen) atoms. The molecule has 1 aliphatic carbocycles. The summed E-state index contributed by atoms with van der Waals surface area (Å²) in [4.78, 5) is 25.8. The van der Waals surface area contributed by atoms with Crippen molar-refractivity contribution in [2.24, 2.45) is 5.92 Å². The number of carbonyl (C=O) groups is 2. The number of furan rings is 1. The van der Waals surface area contributed by atoms with Gasteiger partial charge >= 0.3 is 0 Å². The number of rotatable bonds is 3. The van der Waals surface area contributed by atoms with Crippen LogP contribution in [0.1, 0.15) is 42.7 Å². The number of amides is 2. The molecule has 0 bridgehead atoms. The zero-order valence-electron chi connectivity index (χ0n) is 11.5. The molecule has 108 valence electrons. The molecular weight excluding hydrogens is 256 g/mol. The Hall–Kier alpha value is -1.78. The van der Waals surface area contributed by atoms with Gasteiger partial charge in [0.15, 0.2) is 5.76 Å². The minimum Gasteiger partial charge on any atom is -0.459 e. The summed E-state index contributed by atoms with van der Waals surface area (Å²) in [6.07, 6.45) is 6.39. The van der Waals surface area contributed by atoms with Gasteiger partial charge in [0.1, 0.15) is 0 Å². The average Bonchev–Trinajstić information content (AvgIpc) is 2.90. The second-order valence-electron chi connectivity index (χ2n) is 5.68. The van der Waals surface area contributed by atoms with Crippen molar-refractivity contribution in [2.75, 3.05) is 13.1 Å². The van der Waals surface area contributed by atoms with E-state index in [2.05, 4.69) is 5.32 Å². The number of piperidine rings is 1. The van der Waals surface area contributed by atoms with Gasteiger partial charge < -0.3 is 14.6 Å². The normalized spacial score (nSPS) is 20.5. The van der Waals surface area contributed by atoms with Crippen molar-refractivity contribution in [1.82, 2.24) is 10.2 Å². The maximum Gasteiger partial charge on any atom is 0.289 e. The standard InChI is InChI=1S/C15H20N2O3/c18-14(11-3-1-4-11)16-12-6-8-17(9-7-12)15(19)13-5-2-10-20-13/h2,5,10-12H,1,3-4,6-9H2,(H,16,18). The Labute approximate surface area is 118 Å². The molecule has 1 saturated heterocycles. The molecule has 2 heterocycles. The molecule has 2 fully saturated rings. The van der Waals surface area contributed by atoms with Crippen LogP contribution in [0.15, 0.2) is 22.8 Å². The topological polar surface area (TPSA) is 62.6 Å². The Morgan fingerprint density at radius 1 is 1.20 bits per heavy atom. The van der Waals surface area contributed by atoms with Gasteiger partial charge in [-0.1, -0.05) is 6.42 Å². The summed E-state index contributed by atoms with van der Waals surface area (Å²) < 4.78 is 5.13. The number of likely N-dealkylation sites (tertiary alicyclic amines) is 1. The first-order valence-corrected chi connectivity index (χ1v) is 7.37. The molecule has 3 rings (SSSR count). The molecule has 1 N–H and O–H groups in total. The van der Waals surface area contributed by atoms with E-state index < -0.39 is 0 Å². The second-order valence-corrected chi connectivity index (χ2v) is 5.68. The molecule has 5 heteroatoms. The monoisotopic (exact) mass is 276 g/mol. The maximum atomic E-state index is 12.1. The number of carbonyl (C=O) groups excluding carboxylic acids is 2. The van der Waals surface area contributed by atoms with Crippen LogP contribution in [0, 0.1) is 5.92 Å². The van der Waals surface area contributed by atoms with Crippen LogP contribution in [0.4, 0.5) is 0 Å². The molecule has 1 aromatic heterocycles. The molecule has 0 unspecified atom stereocenters. The number of nitrogens with one attached hydrogen (secondary N) is 1. The van der Waals surface area contributed by atoms with Crippen molar-refractivity contribution in [1.29, 1.82) is 0 Å². The summed E-state index contributed by atoms with van der Waals surface area (Å²) in [5.41, 5.74) is 0. The van der Waals surface area contributed by atoms with E-state index >= 15 is 0 Å². The van der Waals surface area contributed by atoms with E-state index in [1.807, 2.05) is 0 Å². The van der Waals surface area contributed by atoms with Crippen molar-refractivity contribution < 1.29 is 14.0 Å². The van der Waals surface area contributed by atoms with Gasteiger partial charge in [-0.25, -0.2) is 0 Å². The van der Waals surface area contributed by atoms with Crippen LogP contribution in [-0.2, 0) is 4.79 Å². The smallest absolute Gasteiger partial charge is 0.289 e. The fourth-order valence-corrected chi connectivity index (χ4v) is 2.77. The largest absolute Gasteiger partial charge is 0.459 e. The van der Waals surface area contributed by atoms with Gasteiger partial charge in [-0.15, -0.1) is 0 Å². The highest BCUT2D eigenvalue weighted by atomic mass is 16.3. The number of hydrogen-bond acceptors (Lipinski definition) is 3. The Morgan fingerprint density at radius 2 is 1.95 bits per heavy atom. The van der Waals surface area contributed by atoms with Crippen LogP contribution in [0.25, 0.3) is 0 Å². The van der Waals surface area contributed by atoms with Gasteiger partial charge in [0.25, 0.3) is 5.91 Å². The zero-order valence-corrected chi connectivity index (χ0v) is 11.5. The fraction of sp³-hybridized carbons (Fsp3) is 0.600. The summed E-state index contributed by atoms with van der Waals surface area (Å²) in [5.74, 6) is 0.769. The van der Waals surface area contributed by atoms with Gasteiger partial charge in [0.2, 0.25) is 5.91 Å². The lowest BCUT2D eigenvalue weighted by Gasteiger charge is -2.33. The van der Waals surface area contributed by atoms with Crippen molar-refractivity contribution in [3.8, 4) is 0 Å². The molecule has 1 aromatic rings. The third kappa shape index (κ3) is 2.71. The van der Waals surface area contributed by atoms with E-state index in [9.17, 15) is 9.59 Å². The molecule has 5 nitrogen and oxygen atoms in total. The first-order valence-electron chi connectivity index (χ1n) is 7.37. The first-order chi connectivity index (χ1) is 9.74. The lowest BCUT2D eigenvalue weighted by Crippen LogP contribution is -2.48. The van der Waals surface area contributed by atoms with Crippen molar-refractivity contribution in [2.45, 2.75) is 38.1 Å². The lowest BCUT2D eigenvalue weighted by molar-refractivity contribution is -0.128. The van der Waals surface area contributed by atoms with E-state index in [1.54, 1.807) is 17.0 Å². The second kappa shape index (κ2) is 5.69. The van der Waals surface area contributed by atoms with Crippen LogP contribution in [0.2, 0.25) is 0 Å². The molecule has 0 atom stereocenters. The molecule has 0 aromatic carbocycles. The summed E-state index contributed by atoms with van der Waals surface area (Å²) in [7, 11) is 0. The van der Waals surface area contributed by atoms with Crippen LogP contribution >= 0.6 is 0 Å². The predicted molar refractivity (Wildman–Crippen MR) is 73.1 cm³/mol. The lowest BCUT2D eigenvalue weighted by atomic mass is 9.84. The van der Waals surface area contributed by atoms with Crippen LogP contribution in [0.5, 0.6) is 0 Å². The summed E-state index contributed by atoms with van der Waals surface area (Å²) in [5, 5.41) is 3.11. The van der Waals surface area contributed by atoms with Gasteiger partial charge in [-0.05, 0) is 37.8 Å². The van der Waals surface area contributed by atoms with Crippen molar-refractivity contribution in [3.63, 3.8) is 0 Å². The minimum absolute atomic E-state index is 0.0567.